The van der Waals surface area contributed by atoms with Gasteiger partial charge in [0, 0.05) is 16.5 Å². The Kier molecular flexibility index (Phi) is 2.11. The molecule has 0 radical (unpaired) electrons. The van der Waals surface area contributed by atoms with Gasteiger partial charge in [-0.15, -0.1) is 0 Å². The van der Waals surface area contributed by atoms with Crippen LogP contribution in [0.4, 0.5) is 4.39 Å². The first kappa shape index (κ1) is 9.90. The van der Waals surface area contributed by atoms with Crippen molar-refractivity contribution in [3.05, 3.63) is 54.5 Å². The number of aromatic amines is 1. The molecule has 0 bridgehead atoms. The molecule has 17 heavy (non-hydrogen) atoms. The summed E-state index contributed by atoms with van der Waals surface area (Å²) in [6.45, 7) is 0. The second-order valence-corrected chi connectivity index (χ2v) is 3.91. The second kappa shape index (κ2) is 3.63. The Labute approximate surface area is 97.3 Å². The van der Waals surface area contributed by atoms with Gasteiger partial charge in [-0.25, -0.2) is 0 Å². The zero-order chi connectivity index (χ0) is 11.8. The van der Waals surface area contributed by atoms with Crippen molar-refractivity contribution < 1.29 is 9.50 Å². The number of halogens is 1. The molecule has 2 nitrogen and oxygen atoms in total. The molecule has 0 amide bonds. The van der Waals surface area contributed by atoms with E-state index in [1.807, 2.05) is 24.3 Å². The number of benzene rings is 2. The molecular weight excluding hydrogens is 217 g/mol. The third-order valence-electron chi connectivity index (χ3n) is 2.82. The van der Waals surface area contributed by atoms with Gasteiger partial charge in [0.1, 0.15) is 5.75 Å². The number of phenols is 1. The van der Waals surface area contributed by atoms with Gasteiger partial charge >= 0.3 is 0 Å². The minimum atomic E-state index is -0.350. The zero-order valence-corrected chi connectivity index (χ0v) is 8.94. The summed E-state index contributed by atoms with van der Waals surface area (Å²) in [6.07, 6.45) is 0. The molecule has 84 valence electrons. The average Bonchev–Trinajstić information content (AvgIpc) is 2.66. The van der Waals surface area contributed by atoms with E-state index < -0.39 is 0 Å². The smallest absolute Gasteiger partial charge is 0.200 e. The molecule has 3 aromatic rings. The monoisotopic (exact) mass is 227 g/mol. The number of phenolic OH excluding ortho intramolecular Hbond substituents is 1. The number of hydrogen-bond acceptors (Lipinski definition) is 1. The van der Waals surface area contributed by atoms with Crippen LogP contribution in [0.15, 0.2) is 48.5 Å². The maximum Gasteiger partial charge on any atom is 0.200 e. The summed E-state index contributed by atoms with van der Waals surface area (Å²) in [4.78, 5) is 2.71. The lowest BCUT2D eigenvalue weighted by Gasteiger charge is -2.00. The summed E-state index contributed by atoms with van der Waals surface area (Å²) >= 11 is 0. The molecule has 0 spiro atoms. The Balaban J connectivity index is 2.29. The average molecular weight is 227 g/mol. The lowest BCUT2D eigenvalue weighted by Crippen LogP contribution is -1.79. The van der Waals surface area contributed by atoms with Crippen molar-refractivity contribution in [1.82, 2.24) is 4.98 Å². The Hall–Kier alpha value is -2.29. The molecule has 3 rings (SSSR count). The maximum atomic E-state index is 13.9. The number of aromatic nitrogens is 1. The molecule has 3 heteroatoms. The van der Waals surface area contributed by atoms with Crippen LogP contribution in [-0.2, 0) is 0 Å². The van der Waals surface area contributed by atoms with Crippen molar-refractivity contribution >= 4 is 10.9 Å². The van der Waals surface area contributed by atoms with E-state index in [2.05, 4.69) is 4.98 Å². The second-order valence-electron chi connectivity index (χ2n) is 3.91. The van der Waals surface area contributed by atoms with E-state index in [1.54, 1.807) is 24.3 Å². The molecule has 0 aliphatic heterocycles. The van der Waals surface area contributed by atoms with Crippen molar-refractivity contribution in [3.63, 3.8) is 0 Å². The number of aromatic hydroxyl groups is 1. The van der Waals surface area contributed by atoms with Crippen molar-refractivity contribution in [1.29, 1.82) is 0 Å². The normalized spacial score (nSPS) is 10.9. The first-order valence-corrected chi connectivity index (χ1v) is 5.31. The minimum absolute atomic E-state index is 0.175. The van der Waals surface area contributed by atoms with Crippen molar-refractivity contribution in [2.75, 3.05) is 0 Å². The van der Waals surface area contributed by atoms with Gasteiger partial charge in [0.05, 0.1) is 0 Å². The Bertz CT molecular complexity index is 670. The molecule has 0 atom stereocenters. The first-order chi connectivity index (χ1) is 8.25. The van der Waals surface area contributed by atoms with Gasteiger partial charge < -0.3 is 10.1 Å². The summed E-state index contributed by atoms with van der Waals surface area (Å²) in [7, 11) is 0. The summed E-state index contributed by atoms with van der Waals surface area (Å²) in [5.41, 5.74) is 2.06. The van der Waals surface area contributed by atoms with E-state index in [0.29, 0.717) is 5.56 Å². The fourth-order valence-corrected chi connectivity index (χ4v) is 2.02. The van der Waals surface area contributed by atoms with E-state index in [1.165, 1.54) is 0 Å². The highest BCUT2D eigenvalue weighted by Crippen LogP contribution is 2.32. The van der Waals surface area contributed by atoms with Crippen LogP contribution in [0.3, 0.4) is 0 Å². The number of H-pyrrole nitrogens is 1. The van der Waals surface area contributed by atoms with Crippen molar-refractivity contribution in [3.8, 4) is 16.9 Å². The molecule has 1 heterocycles. The SMILES string of the molecule is Oc1ccc(-c2c(F)[nH]c3ccccc23)cc1. The largest absolute Gasteiger partial charge is 0.508 e. The van der Waals surface area contributed by atoms with Crippen LogP contribution in [0.2, 0.25) is 0 Å². The minimum Gasteiger partial charge on any atom is -0.508 e. The topological polar surface area (TPSA) is 36.0 Å². The van der Waals surface area contributed by atoms with E-state index >= 15 is 0 Å². The Morgan fingerprint density at radius 3 is 2.41 bits per heavy atom. The van der Waals surface area contributed by atoms with E-state index in [4.69, 9.17) is 0 Å². The highest BCUT2D eigenvalue weighted by Gasteiger charge is 2.12. The number of fused-ring (bicyclic) bond motifs is 1. The van der Waals surface area contributed by atoms with Crippen LogP contribution in [0, 0.1) is 5.95 Å². The maximum absolute atomic E-state index is 13.9. The number of hydrogen-bond donors (Lipinski definition) is 2. The highest BCUT2D eigenvalue weighted by atomic mass is 19.1. The summed E-state index contributed by atoms with van der Waals surface area (Å²) in [6, 6.07) is 14.0. The predicted octanol–water partition coefficient (Wildman–Crippen LogP) is 3.68. The van der Waals surface area contributed by atoms with E-state index in [0.717, 1.165) is 16.5 Å². The number of nitrogens with one attached hydrogen (secondary N) is 1. The molecular formula is C14H10FNO. The quantitative estimate of drug-likeness (QED) is 0.653. The van der Waals surface area contributed by atoms with Crippen LogP contribution >= 0.6 is 0 Å². The van der Waals surface area contributed by atoms with Crippen LogP contribution in [-0.4, -0.2) is 10.1 Å². The summed E-state index contributed by atoms with van der Waals surface area (Å²) in [5, 5.41) is 10.1. The molecule has 0 unspecified atom stereocenters. The van der Waals surface area contributed by atoms with E-state index in [9.17, 15) is 9.50 Å². The van der Waals surface area contributed by atoms with Crippen molar-refractivity contribution in [2.24, 2.45) is 0 Å². The standard InChI is InChI=1S/C14H10FNO/c15-14-13(9-5-7-10(17)8-6-9)11-3-1-2-4-12(11)16-14/h1-8,16-17H. The fraction of sp³-hybridized carbons (Fsp3) is 0. The van der Waals surface area contributed by atoms with Crippen molar-refractivity contribution in [2.45, 2.75) is 0 Å². The zero-order valence-electron chi connectivity index (χ0n) is 8.94. The molecule has 0 aliphatic carbocycles. The van der Waals surface area contributed by atoms with Gasteiger partial charge in [-0.2, -0.15) is 4.39 Å². The fourth-order valence-electron chi connectivity index (χ4n) is 2.02. The first-order valence-electron chi connectivity index (χ1n) is 5.31. The van der Waals surface area contributed by atoms with Gasteiger partial charge in [0.2, 0.25) is 0 Å². The van der Waals surface area contributed by atoms with Gasteiger partial charge in [-0.05, 0) is 23.8 Å². The van der Waals surface area contributed by atoms with Crippen LogP contribution in [0.25, 0.3) is 22.0 Å². The molecule has 0 saturated heterocycles. The van der Waals surface area contributed by atoms with Crippen LogP contribution in [0.1, 0.15) is 0 Å². The van der Waals surface area contributed by atoms with Crippen LogP contribution in [0.5, 0.6) is 5.75 Å². The Morgan fingerprint density at radius 2 is 1.65 bits per heavy atom. The molecule has 0 saturated carbocycles. The number of rotatable bonds is 1. The van der Waals surface area contributed by atoms with Gasteiger partial charge in [-0.3, -0.25) is 0 Å². The molecule has 0 fully saturated rings. The summed E-state index contributed by atoms with van der Waals surface area (Å²) in [5.74, 6) is -0.175. The predicted molar refractivity (Wildman–Crippen MR) is 65.4 cm³/mol. The Morgan fingerprint density at radius 1 is 0.941 bits per heavy atom. The van der Waals surface area contributed by atoms with Gasteiger partial charge in [-0.1, -0.05) is 30.3 Å². The lowest BCUT2D eigenvalue weighted by molar-refractivity contribution is 0.475. The third-order valence-corrected chi connectivity index (χ3v) is 2.82. The van der Waals surface area contributed by atoms with E-state index in [-0.39, 0.29) is 11.7 Å². The molecule has 0 aliphatic rings. The molecule has 2 N–H and O–H groups in total. The highest BCUT2D eigenvalue weighted by molar-refractivity contribution is 5.95. The van der Waals surface area contributed by atoms with Crippen LogP contribution < -0.4 is 0 Å². The number of para-hydroxylation sites is 1. The van der Waals surface area contributed by atoms with Gasteiger partial charge in [0.25, 0.3) is 0 Å². The molecule has 2 aromatic carbocycles. The molecule has 1 aromatic heterocycles. The lowest BCUT2D eigenvalue weighted by atomic mass is 10.0. The third kappa shape index (κ3) is 1.56. The van der Waals surface area contributed by atoms with Gasteiger partial charge in [0.15, 0.2) is 5.95 Å². The summed E-state index contributed by atoms with van der Waals surface area (Å²) < 4.78 is 13.9.